The minimum atomic E-state index is -0.169. The van der Waals surface area contributed by atoms with Gasteiger partial charge in [0.05, 0.1) is 16.9 Å². The summed E-state index contributed by atoms with van der Waals surface area (Å²) >= 11 is 0. The maximum atomic E-state index is 13.5. The highest BCUT2D eigenvalue weighted by Gasteiger charge is 2.17. The Morgan fingerprint density at radius 1 is 0.719 bits per heavy atom. The molecule has 2 heterocycles. The number of anilines is 1. The van der Waals surface area contributed by atoms with Crippen molar-refractivity contribution in [3.8, 4) is 22.4 Å². The van der Waals surface area contributed by atoms with E-state index in [1.807, 2.05) is 97.9 Å². The maximum absolute atomic E-state index is 13.5. The molecule has 0 saturated heterocycles. The van der Waals surface area contributed by atoms with Gasteiger partial charge in [-0.3, -0.25) is 14.8 Å². The molecule has 0 aliphatic rings. The zero-order chi connectivity index (χ0) is 21.9. The zero-order valence-corrected chi connectivity index (χ0v) is 17.6. The van der Waals surface area contributed by atoms with Gasteiger partial charge in [0.1, 0.15) is 0 Å². The van der Waals surface area contributed by atoms with Gasteiger partial charge in [-0.2, -0.15) is 0 Å². The molecule has 5 aromatic rings. The highest BCUT2D eigenvalue weighted by Crippen LogP contribution is 2.34. The Labute approximate surface area is 186 Å². The van der Waals surface area contributed by atoms with Gasteiger partial charge in [0, 0.05) is 28.9 Å². The van der Waals surface area contributed by atoms with E-state index < -0.39 is 0 Å². The molecule has 4 heteroatoms. The highest BCUT2D eigenvalue weighted by molar-refractivity contribution is 6.12. The fraction of sp³-hybridized carbons (Fsp3) is 0.0357. The van der Waals surface area contributed by atoms with Crippen molar-refractivity contribution < 1.29 is 4.79 Å². The van der Waals surface area contributed by atoms with Crippen molar-refractivity contribution >= 4 is 22.5 Å². The summed E-state index contributed by atoms with van der Waals surface area (Å²) in [6.45, 7) is 1.99. The van der Waals surface area contributed by atoms with Gasteiger partial charge < -0.3 is 5.32 Å². The lowest BCUT2D eigenvalue weighted by Gasteiger charge is -2.15. The first kappa shape index (κ1) is 19.6. The average Bonchev–Trinajstić information content (AvgIpc) is 2.85. The number of amides is 1. The Morgan fingerprint density at radius 3 is 2.34 bits per heavy atom. The molecular formula is C28H21N3O. The summed E-state index contributed by atoms with van der Waals surface area (Å²) in [5.41, 5.74) is 6.78. The molecule has 2 aromatic heterocycles. The third-order valence-electron chi connectivity index (χ3n) is 5.46. The lowest BCUT2D eigenvalue weighted by Crippen LogP contribution is -2.14. The molecule has 4 nitrogen and oxygen atoms in total. The second-order valence-corrected chi connectivity index (χ2v) is 7.64. The summed E-state index contributed by atoms with van der Waals surface area (Å²) in [7, 11) is 0. The van der Waals surface area contributed by atoms with E-state index in [-0.39, 0.29) is 5.91 Å². The normalized spacial score (nSPS) is 10.8. The molecule has 1 N–H and O–H groups in total. The lowest BCUT2D eigenvalue weighted by molar-refractivity contribution is 0.102. The molecule has 0 fully saturated rings. The van der Waals surface area contributed by atoms with Gasteiger partial charge >= 0.3 is 0 Å². The highest BCUT2D eigenvalue weighted by atomic mass is 16.1. The van der Waals surface area contributed by atoms with Crippen LogP contribution in [0.5, 0.6) is 0 Å². The number of hydrogen-bond acceptors (Lipinski definition) is 3. The van der Waals surface area contributed by atoms with Crippen LogP contribution in [0.15, 0.2) is 103 Å². The SMILES string of the molecule is Cc1ccc(-c2ccccc2-c2ccccn2)c(C(=O)Nc2cccc3cccnc23)c1. The summed E-state index contributed by atoms with van der Waals surface area (Å²) in [6, 6.07) is 29.5. The number of aryl methyl sites for hydroxylation is 1. The number of hydrogen-bond donors (Lipinski definition) is 1. The van der Waals surface area contributed by atoms with Gasteiger partial charge in [-0.1, -0.05) is 66.2 Å². The van der Waals surface area contributed by atoms with Crippen LogP contribution in [-0.2, 0) is 0 Å². The molecule has 0 atom stereocenters. The number of nitrogens with zero attached hydrogens (tertiary/aromatic N) is 2. The summed E-state index contributed by atoms with van der Waals surface area (Å²) in [4.78, 5) is 22.5. The van der Waals surface area contributed by atoms with E-state index in [9.17, 15) is 4.79 Å². The van der Waals surface area contributed by atoms with Crippen LogP contribution in [0.25, 0.3) is 33.3 Å². The topological polar surface area (TPSA) is 54.9 Å². The molecule has 0 bridgehead atoms. The van der Waals surface area contributed by atoms with Gasteiger partial charge in [-0.25, -0.2) is 0 Å². The van der Waals surface area contributed by atoms with Crippen LogP contribution in [0.2, 0.25) is 0 Å². The van der Waals surface area contributed by atoms with Crippen LogP contribution >= 0.6 is 0 Å². The number of fused-ring (bicyclic) bond motifs is 1. The number of rotatable bonds is 4. The number of aromatic nitrogens is 2. The largest absolute Gasteiger partial charge is 0.320 e. The van der Waals surface area contributed by atoms with E-state index in [4.69, 9.17) is 0 Å². The first-order valence-electron chi connectivity index (χ1n) is 10.5. The van der Waals surface area contributed by atoms with E-state index in [0.717, 1.165) is 38.9 Å². The Hall–Kier alpha value is -4.31. The number of pyridine rings is 2. The molecule has 0 aliphatic heterocycles. The third-order valence-corrected chi connectivity index (χ3v) is 5.46. The molecule has 1 amide bonds. The molecule has 0 spiro atoms. The Kier molecular flexibility index (Phi) is 5.18. The first-order valence-corrected chi connectivity index (χ1v) is 10.5. The van der Waals surface area contributed by atoms with Crippen molar-refractivity contribution in [3.05, 3.63) is 115 Å². The zero-order valence-electron chi connectivity index (χ0n) is 17.6. The Morgan fingerprint density at radius 2 is 1.50 bits per heavy atom. The smallest absolute Gasteiger partial charge is 0.256 e. The van der Waals surface area contributed by atoms with Crippen LogP contribution in [0.1, 0.15) is 15.9 Å². The fourth-order valence-electron chi connectivity index (χ4n) is 3.94. The second kappa shape index (κ2) is 8.44. The van der Waals surface area contributed by atoms with Crippen molar-refractivity contribution in [2.24, 2.45) is 0 Å². The third kappa shape index (κ3) is 3.74. The second-order valence-electron chi connectivity index (χ2n) is 7.64. The van der Waals surface area contributed by atoms with Crippen LogP contribution in [-0.4, -0.2) is 15.9 Å². The van der Waals surface area contributed by atoms with Crippen molar-refractivity contribution in [3.63, 3.8) is 0 Å². The average molecular weight is 415 g/mol. The monoisotopic (exact) mass is 415 g/mol. The number of carbonyl (C=O) groups excluding carboxylic acids is 1. The standard InChI is InChI=1S/C28H21N3O/c1-19-14-15-22(21-10-2-3-11-23(21)25-12-4-5-16-29-25)24(18-19)28(32)31-26-13-6-8-20-9-7-17-30-27(20)26/h2-18H,1H3,(H,31,32). The van der Waals surface area contributed by atoms with E-state index >= 15 is 0 Å². The summed E-state index contributed by atoms with van der Waals surface area (Å²) < 4.78 is 0. The van der Waals surface area contributed by atoms with Gasteiger partial charge in [-0.05, 0) is 48.4 Å². The molecule has 32 heavy (non-hydrogen) atoms. The number of benzene rings is 3. The quantitative estimate of drug-likeness (QED) is 0.363. The van der Waals surface area contributed by atoms with Crippen molar-refractivity contribution in [1.29, 1.82) is 0 Å². The van der Waals surface area contributed by atoms with Gasteiger partial charge in [0.15, 0.2) is 0 Å². The van der Waals surface area contributed by atoms with Crippen molar-refractivity contribution in [2.75, 3.05) is 5.32 Å². The van der Waals surface area contributed by atoms with Crippen molar-refractivity contribution in [2.45, 2.75) is 6.92 Å². The first-order chi connectivity index (χ1) is 15.7. The van der Waals surface area contributed by atoms with Crippen LogP contribution < -0.4 is 5.32 Å². The maximum Gasteiger partial charge on any atom is 0.256 e. The van der Waals surface area contributed by atoms with Crippen LogP contribution in [0.4, 0.5) is 5.69 Å². The molecular weight excluding hydrogens is 394 g/mol. The van der Waals surface area contributed by atoms with Gasteiger partial charge in [-0.15, -0.1) is 0 Å². The number of para-hydroxylation sites is 1. The molecule has 154 valence electrons. The molecule has 0 unspecified atom stereocenters. The predicted octanol–water partition coefficient (Wildman–Crippen LogP) is 6.52. The Bertz CT molecular complexity index is 1420. The lowest BCUT2D eigenvalue weighted by atomic mass is 9.92. The van der Waals surface area contributed by atoms with E-state index in [2.05, 4.69) is 15.3 Å². The number of carbonyl (C=O) groups is 1. The summed E-state index contributed by atoms with van der Waals surface area (Å²) in [5, 5.41) is 4.06. The molecule has 3 aromatic carbocycles. The summed E-state index contributed by atoms with van der Waals surface area (Å²) in [6.07, 6.45) is 3.52. The minimum absolute atomic E-state index is 0.169. The molecule has 0 aliphatic carbocycles. The van der Waals surface area contributed by atoms with Crippen LogP contribution in [0, 0.1) is 6.92 Å². The minimum Gasteiger partial charge on any atom is -0.320 e. The van der Waals surface area contributed by atoms with E-state index in [1.165, 1.54) is 0 Å². The van der Waals surface area contributed by atoms with Gasteiger partial charge in [0.2, 0.25) is 0 Å². The predicted molar refractivity (Wildman–Crippen MR) is 130 cm³/mol. The Balaban J connectivity index is 1.61. The fourth-order valence-corrected chi connectivity index (χ4v) is 3.94. The van der Waals surface area contributed by atoms with Crippen LogP contribution in [0.3, 0.4) is 0 Å². The molecule has 0 saturated carbocycles. The molecule has 5 rings (SSSR count). The van der Waals surface area contributed by atoms with E-state index in [1.54, 1.807) is 12.4 Å². The summed E-state index contributed by atoms with van der Waals surface area (Å²) in [5.74, 6) is -0.169. The number of nitrogens with one attached hydrogen (secondary N) is 1. The van der Waals surface area contributed by atoms with Gasteiger partial charge in [0.25, 0.3) is 5.91 Å². The molecule has 0 radical (unpaired) electrons. The van der Waals surface area contributed by atoms with E-state index in [0.29, 0.717) is 11.3 Å². The van der Waals surface area contributed by atoms with Crippen molar-refractivity contribution in [1.82, 2.24) is 9.97 Å².